The zero-order chi connectivity index (χ0) is 17.9. The molecule has 0 aliphatic heterocycles. The maximum Gasteiger partial charge on any atom is 0.251 e. The summed E-state index contributed by atoms with van der Waals surface area (Å²) in [6.07, 6.45) is 2.24. The summed E-state index contributed by atoms with van der Waals surface area (Å²) < 4.78 is 26.6. The van der Waals surface area contributed by atoms with E-state index in [1.54, 1.807) is 32.9 Å². The minimum atomic E-state index is -3.58. The molecule has 1 aliphatic carbocycles. The summed E-state index contributed by atoms with van der Waals surface area (Å²) in [6, 6.07) is 4.65. The fraction of sp³-hybridized carbons (Fsp3) is 0.588. The van der Waals surface area contributed by atoms with Crippen molar-refractivity contribution in [2.24, 2.45) is 11.7 Å². The number of hydrogen-bond donors (Lipinski definition) is 2. The first kappa shape index (κ1) is 21.9. The lowest BCUT2D eigenvalue weighted by molar-refractivity contribution is 0.0949. The molecule has 25 heavy (non-hydrogen) atoms. The molecule has 0 saturated heterocycles. The summed E-state index contributed by atoms with van der Waals surface area (Å²) in [7, 11) is -3.58. The summed E-state index contributed by atoms with van der Waals surface area (Å²) in [5, 5.41) is 2.82. The van der Waals surface area contributed by atoms with Gasteiger partial charge in [0.05, 0.1) is 4.90 Å². The van der Waals surface area contributed by atoms with Gasteiger partial charge in [-0.3, -0.25) is 4.79 Å². The molecular weight excluding hydrogens is 362 g/mol. The topological polar surface area (TPSA) is 92.5 Å². The molecule has 1 amide bonds. The van der Waals surface area contributed by atoms with Crippen LogP contribution >= 0.6 is 12.4 Å². The van der Waals surface area contributed by atoms with E-state index in [0.29, 0.717) is 31.1 Å². The predicted octanol–water partition coefficient (Wildman–Crippen LogP) is 1.91. The minimum Gasteiger partial charge on any atom is -0.350 e. The maximum atomic E-state index is 12.6. The monoisotopic (exact) mass is 389 g/mol. The number of nitrogens with two attached hydrogens (primary N) is 1. The summed E-state index contributed by atoms with van der Waals surface area (Å²) in [5.74, 6) is 0.223. The number of rotatable bonds is 8. The quantitative estimate of drug-likeness (QED) is 0.710. The Morgan fingerprint density at radius 1 is 1.32 bits per heavy atom. The van der Waals surface area contributed by atoms with Gasteiger partial charge >= 0.3 is 0 Å². The second-order valence-electron chi connectivity index (χ2n) is 6.28. The Hall–Kier alpha value is -1.15. The third-order valence-corrected chi connectivity index (χ3v) is 6.57. The molecular formula is C17H28ClN3O3S. The highest BCUT2D eigenvalue weighted by molar-refractivity contribution is 7.89. The molecule has 0 bridgehead atoms. The maximum absolute atomic E-state index is 12.6. The highest BCUT2D eigenvalue weighted by Crippen LogP contribution is 2.31. The molecule has 1 saturated carbocycles. The minimum absolute atomic E-state index is 0. The van der Waals surface area contributed by atoms with Gasteiger partial charge in [-0.15, -0.1) is 12.4 Å². The van der Waals surface area contributed by atoms with Crippen molar-refractivity contribution in [3.05, 3.63) is 29.3 Å². The van der Waals surface area contributed by atoms with Gasteiger partial charge < -0.3 is 11.1 Å². The van der Waals surface area contributed by atoms with Crippen molar-refractivity contribution in [3.63, 3.8) is 0 Å². The molecule has 142 valence electrons. The first-order valence-corrected chi connectivity index (χ1v) is 9.89. The molecule has 1 atom stereocenters. The van der Waals surface area contributed by atoms with E-state index in [1.807, 2.05) is 0 Å². The summed E-state index contributed by atoms with van der Waals surface area (Å²) in [4.78, 5) is 12.6. The van der Waals surface area contributed by atoms with Crippen molar-refractivity contribution in [2.75, 3.05) is 19.6 Å². The Bertz CT molecular complexity index is 701. The van der Waals surface area contributed by atoms with Gasteiger partial charge in [0.1, 0.15) is 0 Å². The number of nitrogens with zero attached hydrogens (tertiary/aromatic N) is 1. The van der Waals surface area contributed by atoms with Crippen LogP contribution in [0.5, 0.6) is 0 Å². The van der Waals surface area contributed by atoms with E-state index in [4.69, 9.17) is 5.73 Å². The largest absolute Gasteiger partial charge is 0.350 e. The number of nitrogens with one attached hydrogen (secondary N) is 1. The molecule has 1 aliphatic rings. The Kier molecular flexibility index (Phi) is 7.87. The summed E-state index contributed by atoms with van der Waals surface area (Å²) >= 11 is 0. The first-order valence-electron chi connectivity index (χ1n) is 8.45. The van der Waals surface area contributed by atoms with Crippen molar-refractivity contribution in [2.45, 2.75) is 44.6 Å². The van der Waals surface area contributed by atoms with Crippen molar-refractivity contribution in [1.29, 1.82) is 0 Å². The number of hydrogen-bond acceptors (Lipinski definition) is 4. The van der Waals surface area contributed by atoms with Crippen molar-refractivity contribution in [3.8, 4) is 0 Å². The van der Waals surface area contributed by atoms with Gasteiger partial charge in [-0.25, -0.2) is 8.42 Å². The third kappa shape index (κ3) is 5.17. The highest BCUT2D eigenvalue weighted by atomic mass is 35.5. The predicted molar refractivity (Wildman–Crippen MR) is 102 cm³/mol. The molecule has 1 fully saturated rings. The van der Waals surface area contributed by atoms with Crippen LogP contribution in [0.4, 0.5) is 0 Å². The Labute approximate surface area is 156 Å². The van der Waals surface area contributed by atoms with Crippen LogP contribution in [0.25, 0.3) is 0 Å². The molecule has 1 aromatic rings. The average molecular weight is 390 g/mol. The lowest BCUT2D eigenvalue weighted by Crippen LogP contribution is -2.38. The fourth-order valence-electron chi connectivity index (χ4n) is 2.72. The molecule has 3 N–H and O–H groups in total. The molecule has 1 aromatic carbocycles. The van der Waals surface area contributed by atoms with E-state index in [1.165, 1.54) is 10.4 Å². The molecule has 0 spiro atoms. The summed E-state index contributed by atoms with van der Waals surface area (Å²) in [6.45, 7) is 6.58. The van der Waals surface area contributed by atoms with E-state index in [-0.39, 0.29) is 29.3 Å². The van der Waals surface area contributed by atoms with Gasteiger partial charge in [0.25, 0.3) is 5.91 Å². The standard InChI is InChI=1S/C17H27N3O3S.ClH/c1-4-20(5-2)24(22,23)14-9-6-12(3)15(10-14)17(21)19-11-16(18)13-7-8-13;/h6,9-10,13,16H,4-5,7-8,11,18H2,1-3H3,(H,19,21);1H. The number of amides is 1. The van der Waals surface area contributed by atoms with Gasteiger partial charge in [0, 0.05) is 31.2 Å². The van der Waals surface area contributed by atoms with Gasteiger partial charge in [-0.2, -0.15) is 4.31 Å². The third-order valence-electron chi connectivity index (χ3n) is 4.52. The fourth-order valence-corrected chi connectivity index (χ4v) is 4.20. The van der Waals surface area contributed by atoms with Crippen LogP contribution in [0.1, 0.15) is 42.6 Å². The van der Waals surface area contributed by atoms with E-state index in [9.17, 15) is 13.2 Å². The van der Waals surface area contributed by atoms with Crippen LogP contribution < -0.4 is 11.1 Å². The first-order chi connectivity index (χ1) is 11.3. The number of aryl methyl sites for hydroxylation is 1. The second-order valence-corrected chi connectivity index (χ2v) is 8.22. The normalized spacial score (nSPS) is 15.6. The van der Waals surface area contributed by atoms with Crippen LogP contribution in [0.2, 0.25) is 0 Å². The molecule has 6 nitrogen and oxygen atoms in total. The van der Waals surface area contributed by atoms with Crippen LogP contribution in [-0.2, 0) is 10.0 Å². The second kappa shape index (κ2) is 8.98. The number of carbonyl (C=O) groups excluding carboxylic acids is 1. The van der Waals surface area contributed by atoms with Crippen molar-refractivity contribution >= 4 is 28.3 Å². The Morgan fingerprint density at radius 3 is 2.44 bits per heavy atom. The number of halogens is 1. The molecule has 0 aromatic heterocycles. The highest BCUT2D eigenvalue weighted by Gasteiger charge is 2.29. The van der Waals surface area contributed by atoms with Crippen LogP contribution in [-0.4, -0.2) is 44.3 Å². The van der Waals surface area contributed by atoms with Crippen LogP contribution in [0.15, 0.2) is 23.1 Å². The van der Waals surface area contributed by atoms with Gasteiger partial charge in [-0.1, -0.05) is 19.9 Å². The zero-order valence-corrected chi connectivity index (χ0v) is 16.6. The number of sulfonamides is 1. The van der Waals surface area contributed by atoms with Gasteiger partial charge in [0.2, 0.25) is 10.0 Å². The van der Waals surface area contributed by atoms with Gasteiger partial charge in [-0.05, 0) is 43.4 Å². The van der Waals surface area contributed by atoms with Crippen LogP contribution in [0.3, 0.4) is 0 Å². The molecule has 2 rings (SSSR count). The smallest absolute Gasteiger partial charge is 0.251 e. The van der Waals surface area contributed by atoms with E-state index < -0.39 is 10.0 Å². The van der Waals surface area contributed by atoms with Crippen molar-refractivity contribution < 1.29 is 13.2 Å². The molecule has 8 heteroatoms. The molecule has 0 radical (unpaired) electrons. The Morgan fingerprint density at radius 2 is 1.92 bits per heavy atom. The van der Waals surface area contributed by atoms with E-state index in [0.717, 1.165) is 18.4 Å². The molecule has 1 unspecified atom stereocenters. The van der Waals surface area contributed by atoms with E-state index >= 15 is 0 Å². The number of carbonyl (C=O) groups is 1. The molecule has 0 heterocycles. The van der Waals surface area contributed by atoms with Crippen LogP contribution in [0, 0.1) is 12.8 Å². The van der Waals surface area contributed by atoms with Gasteiger partial charge in [0.15, 0.2) is 0 Å². The summed E-state index contributed by atoms with van der Waals surface area (Å²) in [5.41, 5.74) is 7.12. The lowest BCUT2D eigenvalue weighted by atomic mass is 10.1. The van der Waals surface area contributed by atoms with Crippen molar-refractivity contribution in [1.82, 2.24) is 9.62 Å². The number of benzene rings is 1. The zero-order valence-electron chi connectivity index (χ0n) is 15.0. The Balaban J connectivity index is 0.00000312. The SMILES string of the molecule is CCN(CC)S(=O)(=O)c1ccc(C)c(C(=O)NCC(N)C2CC2)c1.Cl. The lowest BCUT2D eigenvalue weighted by Gasteiger charge is -2.19. The average Bonchev–Trinajstić information content (AvgIpc) is 3.38. The van der Waals surface area contributed by atoms with E-state index in [2.05, 4.69) is 5.32 Å².